The first-order chi connectivity index (χ1) is 16.2. The van der Waals surface area contributed by atoms with Gasteiger partial charge in [0.25, 0.3) is 0 Å². The standard InChI is InChI=1S/C25H16FN7/c26-20-4-3-17-14-33(15-19(17)12-20)24-8-10-28-25(31-24)22-7-9-27-23(30-22)6-2-16-1-5-21-18(11-16)13-29-32-21/h1,3-5,7-13H,14-15H2,(H,29,32). The Hall–Kier alpha value is -4.64. The van der Waals surface area contributed by atoms with Crippen LogP contribution in [0.5, 0.6) is 0 Å². The fourth-order valence-electron chi connectivity index (χ4n) is 3.87. The molecule has 33 heavy (non-hydrogen) atoms. The van der Waals surface area contributed by atoms with Gasteiger partial charge in [-0.05, 0) is 59.5 Å². The third kappa shape index (κ3) is 3.77. The molecular weight excluding hydrogens is 417 g/mol. The van der Waals surface area contributed by atoms with Gasteiger partial charge < -0.3 is 4.90 Å². The third-order valence-corrected chi connectivity index (χ3v) is 5.50. The SMILES string of the molecule is Fc1ccc2c(c1)CN(c1ccnc(-c3ccnc(C#Cc4ccc5[nH]ncc5c4)n3)n1)C2. The predicted octanol–water partition coefficient (Wildman–Crippen LogP) is 3.87. The second-order valence-electron chi connectivity index (χ2n) is 7.70. The molecule has 5 aromatic rings. The summed E-state index contributed by atoms with van der Waals surface area (Å²) in [5, 5.41) is 7.94. The molecule has 3 aromatic heterocycles. The largest absolute Gasteiger partial charge is 0.348 e. The molecule has 0 aliphatic carbocycles. The van der Waals surface area contributed by atoms with Crippen LogP contribution >= 0.6 is 0 Å². The first kappa shape index (κ1) is 19.1. The summed E-state index contributed by atoms with van der Waals surface area (Å²) in [5.41, 5.74) is 4.47. The van der Waals surface area contributed by atoms with Gasteiger partial charge in [0.05, 0.1) is 11.7 Å². The van der Waals surface area contributed by atoms with Crippen molar-refractivity contribution < 1.29 is 4.39 Å². The number of fused-ring (bicyclic) bond motifs is 2. The highest BCUT2D eigenvalue weighted by atomic mass is 19.1. The van der Waals surface area contributed by atoms with Gasteiger partial charge in [-0.3, -0.25) is 5.10 Å². The van der Waals surface area contributed by atoms with E-state index in [1.54, 1.807) is 30.7 Å². The van der Waals surface area contributed by atoms with Crippen LogP contribution in [-0.4, -0.2) is 30.1 Å². The summed E-state index contributed by atoms with van der Waals surface area (Å²) in [6, 6.07) is 14.3. The Morgan fingerprint density at radius 3 is 2.76 bits per heavy atom. The molecule has 1 N–H and O–H groups in total. The topological polar surface area (TPSA) is 83.5 Å². The van der Waals surface area contributed by atoms with Crippen LogP contribution in [-0.2, 0) is 13.1 Å². The van der Waals surface area contributed by atoms with Crippen LogP contribution in [0.3, 0.4) is 0 Å². The first-order valence-corrected chi connectivity index (χ1v) is 10.4. The molecule has 0 spiro atoms. The zero-order valence-corrected chi connectivity index (χ0v) is 17.3. The fourth-order valence-corrected chi connectivity index (χ4v) is 3.87. The van der Waals surface area contributed by atoms with Crippen LogP contribution in [0.1, 0.15) is 22.5 Å². The lowest BCUT2D eigenvalue weighted by atomic mass is 10.1. The number of hydrogen-bond acceptors (Lipinski definition) is 6. The minimum Gasteiger partial charge on any atom is -0.348 e. The van der Waals surface area contributed by atoms with Gasteiger partial charge in [-0.15, -0.1) is 0 Å². The molecule has 0 atom stereocenters. The number of hydrogen-bond donors (Lipinski definition) is 1. The number of benzene rings is 2. The van der Waals surface area contributed by atoms with Crippen molar-refractivity contribution in [2.24, 2.45) is 0 Å². The van der Waals surface area contributed by atoms with Crippen LogP contribution in [0.25, 0.3) is 22.4 Å². The Morgan fingerprint density at radius 2 is 1.79 bits per heavy atom. The smallest absolute Gasteiger partial charge is 0.205 e. The normalized spacial score (nSPS) is 12.5. The summed E-state index contributed by atoms with van der Waals surface area (Å²) in [6.07, 6.45) is 5.11. The number of H-pyrrole nitrogens is 1. The molecule has 0 saturated carbocycles. The van der Waals surface area contributed by atoms with Gasteiger partial charge in [0.2, 0.25) is 5.82 Å². The lowest BCUT2D eigenvalue weighted by molar-refractivity contribution is 0.626. The van der Waals surface area contributed by atoms with E-state index < -0.39 is 0 Å². The summed E-state index contributed by atoms with van der Waals surface area (Å²) < 4.78 is 13.6. The molecular formula is C25H16FN7. The summed E-state index contributed by atoms with van der Waals surface area (Å²) in [5.74, 6) is 7.52. The van der Waals surface area contributed by atoms with Crippen LogP contribution in [0.15, 0.2) is 67.1 Å². The van der Waals surface area contributed by atoms with Gasteiger partial charge in [0.1, 0.15) is 17.3 Å². The van der Waals surface area contributed by atoms with Crippen LogP contribution in [0.2, 0.25) is 0 Å². The number of anilines is 1. The minimum absolute atomic E-state index is 0.224. The van der Waals surface area contributed by atoms with Crippen LogP contribution < -0.4 is 4.90 Å². The van der Waals surface area contributed by atoms with Crippen molar-refractivity contribution in [1.29, 1.82) is 0 Å². The highest BCUT2D eigenvalue weighted by Gasteiger charge is 2.21. The van der Waals surface area contributed by atoms with Gasteiger partial charge in [-0.2, -0.15) is 5.10 Å². The molecule has 4 heterocycles. The lowest BCUT2D eigenvalue weighted by Crippen LogP contribution is -2.16. The van der Waals surface area contributed by atoms with E-state index in [9.17, 15) is 4.39 Å². The maximum absolute atomic E-state index is 13.6. The molecule has 6 rings (SSSR count). The number of aromatic nitrogens is 6. The Bertz CT molecular complexity index is 1560. The molecule has 0 fully saturated rings. The van der Waals surface area contributed by atoms with Crippen LogP contribution in [0, 0.1) is 17.7 Å². The van der Waals surface area contributed by atoms with Crippen molar-refractivity contribution >= 4 is 16.7 Å². The predicted molar refractivity (Wildman–Crippen MR) is 121 cm³/mol. The Labute approximate surface area is 188 Å². The molecule has 1 aliphatic heterocycles. The van der Waals surface area contributed by atoms with Crippen molar-refractivity contribution in [2.75, 3.05) is 4.90 Å². The highest BCUT2D eigenvalue weighted by molar-refractivity contribution is 5.79. The fraction of sp³-hybridized carbons (Fsp3) is 0.0800. The van der Waals surface area contributed by atoms with Gasteiger partial charge in [0, 0.05) is 36.4 Å². The second-order valence-corrected chi connectivity index (χ2v) is 7.70. The Morgan fingerprint density at radius 1 is 0.879 bits per heavy atom. The molecule has 0 radical (unpaired) electrons. The maximum Gasteiger partial charge on any atom is 0.205 e. The van der Waals surface area contributed by atoms with Gasteiger partial charge in [-0.25, -0.2) is 24.3 Å². The van der Waals surface area contributed by atoms with Gasteiger partial charge >= 0.3 is 0 Å². The number of rotatable bonds is 2. The van der Waals surface area contributed by atoms with E-state index in [1.165, 1.54) is 6.07 Å². The number of aromatic amines is 1. The molecule has 1 aliphatic rings. The zero-order valence-electron chi connectivity index (χ0n) is 17.3. The maximum atomic E-state index is 13.6. The molecule has 0 bridgehead atoms. The summed E-state index contributed by atoms with van der Waals surface area (Å²) in [7, 11) is 0. The van der Waals surface area contributed by atoms with Crippen LogP contribution in [0.4, 0.5) is 10.2 Å². The van der Waals surface area contributed by atoms with Crippen molar-refractivity contribution in [3.63, 3.8) is 0 Å². The average molecular weight is 433 g/mol. The summed E-state index contributed by atoms with van der Waals surface area (Å²) in [6.45, 7) is 1.28. The van der Waals surface area contributed by atoms with Crippen molar-refractivity contribution in [3.05, 3.63) is 95.5 Å². The monoisotopic (exact) mass is 433 g/mol. The van der Waals surface area contributed by atoms with Crippen molar-refractivity contribution in [1.82, 2.24) is 30.1 Å². The quantitative estimate of drug-likeness (QED) is 0.426. The third-order valence-electron chi connectivity index (χ3n) is 5.50. The van der Waals surface area contributed by atoms with Gasteiger partial charge in [-0.1, -0.05) is 12.0 Å². The van der Waals surface area contributed by atoms with E-state index in [0.717, 1.165) is 33.4 Å². The molecule has 158 valence electrons. The highest BCUT2D eigenvalue weighted by Crippen LogP contribution is 2.28. The van der Waals surface area contributed by atoms with E-state index in [-0.39, 0.29) is 5.82 Å². The molecule has 0 amide bonds. The van der Waals surface area contributed by atoms with E-state index >= 15 is 0 Å². The Kier molecular flexibility index (Phi) is 4.51. The second kappa shape index (κ2) is 7.80. The number of halogens is 1. The first-order valence-electron chi connectivity index (χ1n) is 10.4. The minimum atomic E-state index is -0.224. The molecule has 8 heteroatoms. The van der Waals surface area contributed by atoms with Gasteiger partial charge in [0.15, 0.2) is 5.82 Å². The zero-order chi connectivity index (χ0) is 22.2. The molecule has 2 aromatic carbocycles. The average Bonchev–Trinajstić information content (AvgIpc) is 3.49. The van der Waals surface area contributed by atoms with E-state index in [4.69, 9.17) is 4.98 Å². The number of nitrogens with zero attached hydrogens (tertiary/aromatic N) is 6. The van der Waals surface area contributed by atoms with E-state index in [1.807, 2.05) is 30.3 Å². The summed E-state index contributed by atoms with van der Waals surface area (Å²) >= 11 is 0. The van der Waals surface area contributed by atoms with Crippen molar-refractivity contribution in [2.45, 2.75) is 13.1 Å². The summed E-state index contributed by atoms with van der Waals surface area (Å²) in [4.78, 5) is 20.0. The lowest BCUT2D eigenvalue weighted by Gasteiger charge is -2.16. The Balaban J connectivity index is 1.26. The molecule has 0 unspecified atom stereocenters. The molecule has 0 saturated heterocycles. The van der Waals surface area contributed by atoms with Crippen molar-refractivity contribution in [3.8, 4) is 23.4 Å². The molecule has 7 nitrogen and oxygen atoms in total. The van der Waals surface area contributed by atoms with E-state index in [0.29, 0.717) is 30.4 Å². The number of nitrogens with one attached hydrogen (secondary N) is 1. The van der Waals surface area contributed by atoms with E-state index in [2.05, 4.69) is 41.9 Å².